The van der Waals surface area contributed by atoms with E-state index in [-0.39, 0.29) is 5.15 Å². The minimum Gasteiger partial charge on any atom is -0.380 e. The van der Waals surface area contributed by atoms with E-state index in [0.717, 1.165) is 11.3 Å². The summed E-state index contributed by atoms with van der Waals surface area (Å²) in [5.41, 5.74) is 2.43. The number of nitrogens with one attached hydrogen (secondary N) is 1. The minimum atomic E-state index is 0.289. The molecule has 19 heavy (non-hydrogen) atoms. The SMILES string of the molecule is COCc1ccc(Nc2cc(C#N)cc(Cl)n2)cc1. The van der Waals surface area contributed by atoms with Gasteiger partial charge < -0.3 is 10.1 Å². The van der Waals surface area contributed by atoms with E-state index >= 15 is 0 Å². The molecule has 0 atom stereocenters. The van der Waals surface area contributed by atoms with Crippen molar-refractivity contribution >= 4 is 23.1 Å². The molecule has 2 aromatic rings. The van der Waals surface area contributed by atoms with Crippen molar-refractivity contribution in [3.8, 4) is 6.07 Å². The van der Waals surface area contributed by atoms with Gasteiger partial charge in [0.25, 0.3) is 0 Å². The van der Waals surface area contributed by atoms with Crippen LogP contribution < -0.4 is 5.32 Å². The van der Waals surface area contributed by atoms with Gasteiger partial charge in [-0.2, -0.15) is 5.26 Å². The number of pyridine rings is 1. The molecule has 0 amide bonds. The van der Waals surface area contributed by atoms with Gasteiger partial charge in [0.15, 0.2) is 0 Å². The minimum absolute atomic E-state index is 0.289. The summed E-state index contributed by atoms with van der Waals surface area (Å²) in [6.45, 7) is 0.578. The van der Waals surface area contributed by atoms with E-state index in [1.165, 1.54) is 6.07 Å². The van der Waals surface area contributed by atoms with E-state index in [1.807, 2.05) is 30.3 Å². The summed E-state index contributed by atoms with van der Waals surface area (Å²) in [4.78, 5) is 4.11. The molecular weight excluding hydrogens is 262 g/mol. The highest BCUT2D eigenvalue weighted by atomic mass is 35.5. The highest BCUT2D eigenvalue weighted by Crippen LogP contribution is 2.19. The average molecular weight is 274 g/mol. The number of hydrogen-bond acceptors (Lipinski definition) is 4. The summed E-state index contributed by atoms with van der Waals surface area (Å²) in [7, 11) is 1.66. The van der Waals surface area contributed by atoms with Crippen LogP contribution >= 0.6 is 11.6 Å². The normalized spacial score (nSPS) is 9.95. The first kappa shape index (κ1) is 13.3. The van der Waals surface area contributed by atoms with E-state index in [0.29, 0.717) is 18.0 Å². The van der Waals surface area contributed by atoms with Crippen LogP contribution in [-0.2, 0) is 11.3 Å². The molecule has 4 nitrogen and oxygen atoms in total. The first-order valence-corrected chi connectivity index (χ1v) is 6.01. The van der Waals surface area contributed by atoms with Gasteiger partial charge in [-0.1, -0.05) is 23.7 Å². The molecule has 1 N–H and O–H groups in total. The van der Waals surface area contributed by atoms with Crippen LogP contribution in [0.25, 0.3) is 0 Å². The van der Waals surface area contributed by atoms with Crippen molar-refractivity contribution in [2.75, 3.05) is 12.4 Å². The molecule has 0 unspecified atom stereocenters. The molecule has 2 rings (SSSR count). The number of nitrogens with zero attached hydrogens (tertiary/aromatic N) is 2. The van der Waals surface area contributed by atoms with Gasteiger partial charge in [-0.25, -0.2) is 4.98 Å². The zero-order chi connectivity index (χ0) is 13.7. The lowest BCUT2D eigenvalue weighted by molar-refractivity contribution is 0.185. The largest absolute Gasteiger partial charge is 0.380 e. The number of benzene rings is 1. The van der Waals surface area contributed by atoms with Crippen LogP contribution in [0.2, 0.25) is 5.15 Å². The van der Waals surface area contributed by atoms with Crippen molar-refractivity contribution in [1.82, 2.24) is 4.98 Å². The zero-order valence-corrected chi connectivity index (χ0v) is 11.1. The topological polar surface area (TPSA) is 57.9 Å². The number of aromatic nitrogens is 1. The maximum Gasteiger partial charge on any atom is 0.133 e. The monoisotopic (exact) mass is 273 g/mol. The molecule has 0 bridgehead atoms. The zero-order valence-electron chi connectivity index (χ0n) is 10.4. The van der Waals surface area contributed by atoms with Crippen molar-refractivity contribution in [2.45, 2.75) is 6.61 Å². The Morgan fingerprint density at radius 2 is 2.05 bits per heavy atom. The third-order valence-corrected chi connectivity index (χ3v) is 2.65. The van der Waals surface area contributed by atoms with Gasteiger partial charge in [-0.05, 0) is 29.8 Å². The van der Waals surface area contributed by atoms with Crippen LogP contribution in [0, 0.1) is 11.3 Å². The Morgan fingerprint density at radius 3 is 2.68 bits per heavy atom. The summed E-state index contributed by atoms with van der Waals surface area (Å²) < 4.78 is 5.05. The van der Waals surface area contributed by atoms with E-state index in [4.69, 9.17) is 21.6 Å². The van der Waals surface area contributed by atoms with Crippen molar-refractivity contribution in [3.63, 3.8) is 0 Å². The second-order valence-corrected chi connectivity index (χ2v) is 4.32. The van der Waals surface area contributed by atoms with Crippen LogP contribution in [0.1, 0.15) is 11.1 Å². The van der Waals surface area contributed by atoms with Crippen LogP contribution in [0.5, 0.6) is 0 Å². The van der Waals surface area contributed by atoms with Gasteiger partial charge in [0.2, 0.25) is 0 Å². The summed E-state index contributed by atoms with van der Waals surface area (Å²) in [6.07, 6.45) is 0. The van der Waals surface area contributed by atoms with E-state index < -0.39 is 0 Å². The van der Waals surface area contributed by atoms with E-state index in [1.54, 1.807) is 13.2 Å². The van der Waals surface area contributed by atoms with Crippen molar-refractivity contribution in [2.24, 2.45) is 0 Å². The predicted octanol–water partition coefficient (Wildman–Crippen LogP) is 3.50. The highest BCUT2D eigenvalue weighted by Gasteiger charge is 2.02. The Kier molecular flexibility index (Phi) is 4.35. The van der Waals surface area contributed by atoms with Gasteiger partial charge in [0.1, 0.15) is 11.0 Å². The number of halogens is 1. The second-order valence-electron chi connectivity index (χ2n) is 3.93. The fourth-order valence-corrected chi connectivity index (χ4v) is 1.83. The van der Waals surface area contributed by atoms with Crippen molar-refractivity contribution < 1.29 is 4.74 Å². The molecule has 0 saturated heterocycles. The number of hydrogen-bond donors (Lipinski definition) is 1. The first-order chi connectivity index (χ1) is 9.21. The Hall–Kier alpha value is -2.09. The van der Waals surface area contributed by atoms with Crippen LogP contribution in [0.3, 0.4) is 0 Å². The molecule has 1 heterocycles. The molecule has 0 radical (unpaired) electrons. The molecule has 0 aliphatic heterocycles. The number of rotatable bonds is 4. The lowest BCUT2D eigenvalue weighted by Crippen LogP contribution is -1.95. The average Bonchev–Trinajstić information content (AvgIpc) is 2.40. The molecule has 0 fully saturated rings. The summed E-state index contributed by atoms with van der Waals surface area (Å²) in [5, 5.41) is 12.3. The molecule has 1 aromatic carbocycles. The molecular formula is C14H12ClN3O. The maximum absolute atomic E-state index is 8.87. The van der Waals surface area contributed by atoms with E-state index in [9.17, 15) is 0 Å². The summed E-state index contributed by atoms with van der Waals surface area (Å²) in [6, 6.07) is 13.0. The Balaban J connectivity index is 2.17. The van der Waals surface area contributed by atoms with Gasteiger partial charge in [0.05, 0.1) is 18.2 Å². The number of methoxy groups -OCH3 is 1. The van der Waals surface area contributed by atoms with Gasteiger partial charge in [-0.3, -0.25) is 0 Å². The fraction of sp³-hybridized carbons (Fsp3) is 0.143. The van der Waals surface area contributed by atoms with Crippen molar-refractivity contribution in [3.05, 3.63) is 52.7 Å². The molecule has 0 saturated carbocycles. The third kappa shape index (κ3) is 3.68. The van der Waals surface area contributed by atoms with Gasteiger partial charge in [0, 0.05) is 12.8 Å². The van der Waals surface area contributed by atoms with Crippen LogP contribution in [-0.4, -0.2) is 12.1 Å². The first-order valence-electron chi connectivity index (χ1n) is 5.64. The maximum atomic E-state index is 8.87. The standard InChI is InChI=1S/C14H12ClN3O/c1-19-9-10-2-4-12(5-3-10)17-14-7-11(8-16)6-13(15)18-14/h2-7H,9H2,1H3,(H,17,18). The molecule has 5 heteroatoms. The molecule has 1 aromatic heterocycles. The Labute approximate surface area is 116 Å². The molecule has 0 aliphatic carbocycles. The van der Waals surface area contributed by atoms with Crippen molar-refractivity contribution in [1.29, 1.82) is 5.26 Å². The summed E-state index contributed by atoms with van der Waals surface area (Å²) >= 11 is 5.84. The van der Waals surface area contributed by atoms with Gasteiger partial charge >= 0.3 is 0 Å². The summed E-state index contributed by atoms with van der Waals surface area (Å²) in [5.74, 6) is 0.545. The molecule has 0 aliphatic rings. The molecule has 0 spiro atoms. The Bertz CT molecular complexity index is 605. The third-order valence-electron chi connectivity index (χ3n) is 2.46. The fourth-order valence-electron chi connectivity index (χ4n) is 1.62. The quantitative estimate of drug-likeness (QED) is 0.866. The number of nitriles is 1. The van der Waals surface area contributed by atoms with E-state index in [2.05, 4.69) is 10.3 Å². The predicted molar refractivity (Wildman–Crippen MR) is 74.4 cm³/mol. The van der Waals surface area contributed by atoms with Crippen LogP contribution in [0.4, 0.5) is 11.5 Å². The lowest BCUT2D eigenvalue weighted by Gasteiger charge is -2.07. The number of anilines is 2. The lowest BCUT2D eigenvalue weighted by atomic mass is 10.2. The number of ether oxygens (including phenoxy) is 1. The van der Waals surface area contributed by atoms with Gasteiger partial charge in [-0.15, -0.1) is 0 Å². The highest BCUT2D eigenvalue weighted by molar-refractivity contribution is 6.29. The smallest absolute Gasteiger partial charge is 0.133 e. The molecule has 96 valence electrons. The Morgan fingerprint density at radius 1 is 1.32 bits per heavy atom. The second kappa shape index (κ2) is 6.19. The van der Waals surface area contributed by atoms with Crippen LogP contribution in [0.15, 0.2) is 36.4 Å².